The Balaban J connectivity index is 1.52. The number of fused-ring (bicyclic) bond motifs is 7. The number of carbonyl (C=O) groups excluding carboxylic acids is 3. The first kappa shape index (κ1) is 23.7. The van der Waals surface area contributed by atoms with Gasteiger partial charge in [-0.2, -0.15) is 0 Å². The third-order valence-electron chi connectivity index (χ3n) is 8.49. The molecule has 4 atom stereocenters. The highest BCUT2D eigenvalue weighted by atomic mass is 16.7. The zero-order valence-corrected chi connectivity index (χ0v) is 21.9. The van der Waals surface area contributed by atoms with Gasteiger partial charge in [-0.05, 0) is 41.5 Å². The molecular weight excluding hydrogens is 492 g/mol. The van der Waals surface area contributed by atoms with Crippen molar-refractivity contribution in [1.82, 2.24) is 0 Å². The number of nitrogens with zero attached hydrogens (tertiary/aromatic N) is 1. The number of benzene rings is 3. The minimum Gasteiger partial charge on any atom is -0.454 e. The maximum absolute atomic E-state index is 14.8. The van der Waals surface area contributed by atoms with Crippen molar-refractivity contribution >= 4 is 34.9 Å². The fraction of sp³-hybridized carbons (Fsp3) is 0.281. The molecule has 7 nitrogen and oxygen atoms in total. The second-order valence-electron chi connectivity index (χ2n) is 11.6. The van der Waals surface area contributed by atoms with Gasteiger partial charge in [-0.15, -0.1) is 0 Å². The maximum atomic E-state index is 14.8. The summed E-state index contributed by atoms with van der Waals surface area (Å²) in [6.07, 6.45) is 3.98. The molecule has 0 unspecified atom stereocenters. The number of hydrogen-bond donors (Lipinski definition) is 1. The highest BCUT2D eigenvalue weighted by Gasteiger charge is 2.70. The molecule has 1 amide bonds. The average molecular weight is 521 g/mol. The number of Topliss-reactive ketones (excluding diaryl/α,β-unsaturated/α-hetero) is 2. The monoisotopic (exact) mass is 520 g/mol. The lowest BCUT2D eigenvalue weighted by atomic mass is 9.63. The van der Waals surface area contributed by atoms with Gasteiger partial charge in [0.15, 0.2) is 23.1 Å². The molecule has 7 rings (SSSR count). The summed E-state index contributed by atoms with van der Waals surface area (Å²) in [6, 6.07) is 19.0. The number of para-hydroxylation sites is 2. The molecule has 1 N–H and O–H groups in total. The maximum Gasteiger partial charge on any atom is 0.238 e. The van der Waals surface area contributed by atoms with Crippen molar-refractivity contribution in [2.45, 2.75) is 38.3 Å². The predicted molar refractivity (Wildman–Crippen MR) is 147 cm³/mol. The van der Waals surface area contributed by atoms with E-state index in [0.717, 1.165) is 16.8 Å². The third kappa shape index (κ3) is 3.13. The third-order valence-corrected chi connectivity index (χ3v) is 8.49. The van der Waals surface area contributed by atoms with E-state index in [0.29, 0.717) is 22.7 Å². The van der Waals surface area contributed by atoms with Gasteiger partial charge >= 0.3 is 0 Å². The molecule has 0 radical (unpaired) electrons. The van der Waals surface area contributed by atoms with Crippen LogP contribution in [0.5, 0.6) is 11.5 Å². The number of carbonyl (C=O) groups is 3. The Hall–Kier alpha value is -4.39. The number of ether oxygens (including phenoxy) is 2. The van der Waals surface area contributed by atoms with Crippen LogP contribution in [0.3, 0.4) is 0 Å². The minimum absolute atomic E-state index is 0.0820. The standard InChI is InChI=1S/C32H28N2O5/c1-31(2,3)29(36)27-26(28(35)19-12-14-23-24(16-19)39-17-38-23)32(20-9-5-6-10-21(20)33-30(32)37)25-15-13-18-8-4-7-11-22(18)34(25)27/h4-16,25-27H,17H2,1-3H3,(H,33,37)/t25-,26+,27+,32-/m1/s1. The zero-order chi connectivity index (χ0) is 27.1. The Morgan fingerprint density at radius 2 is 1.72 bits per heavy atom. The topological polar surface area (TPSA) is 84.9 Å². The van der Waals surface area contributed by atoms with Crippen molar-refractivity contribution in [3.05, 3.63) is 89.5 Å². The fourth-order valence-corrected chi connectivity index (χ4v) is 6.79. The number of anilines is 2. The molecule has 4 heterocycles. The van der Waals surface area contributed by atoms with E-state index in [1.165, 1.54) is 0 Å². The molecule has 3 aromatic rings. The molecule has 0 bridgehead atoms. The smallest absolute Gasteiger partial charge is 0.238 e. The molecule has 1 saturated heterocycles. The number of ketones is 2. The summed E-state index contributed by atoms with van der Waals surface area (Å²) in [7, 11) is 0. The van der Waals surface area contributed by atoms with E-state index < -0.39 is 28.8 Å². The van der Waals surface area contributed by atoms with Gasteiger partial charge in [-0.3, -0.25) is 14.4 Å². The number of amides is 1. The summed E-state index contributed by atoms with van der Waals surface area (Å²) in [5.74, 6) is -0.590. The highest BCUT2D eigenvalue weighted by molar-refractivity contribution is 6.17. The van der Waals surface area contributed by atoms with Gasteiger partial charge in [0.25, 0.3) is 0 Å². The molecule has 39 heavy (non-hydrogen) atoms. The van der Waals surface area contributed by atoms with Crippen LogP contribution in [0.4, 0.5) is 11.4 Å². The first-order chi connectivity index (χ1) is 18.7. The van der Waals surface area contributed by atoms with Crippen molar-refractivity contribution in [3.63, 3.8) is 0 Å². The second-order valence-corrected chi connectivity index (χ2v) is 11.6. The van der Waals surface area contributed by atoms with Gasteiger partial charge in [0.05, 0.1) is 12.0 Å². The van der Waals surface area contributed by atoms with Gasteiger partial charge in [0.2, 0.25) is 12.7 Å². The lowest BCUT2D eigenvalue weighted by Crippen LogP contribution is -2.51. The van der Waals surface area contributed by atoms with Gasteiger partial charge < -0.3 is 19.7 Å². The van der Waals surface area contributed by atoms with E-state index in [-0.39, 0.29) is 24.3 Å². The molecule has 0 aliphatic carbocycles. The zero-order valence-electron chi connectivity index (χ0n) is 21.9. The lowest BCUT2D eigenvalue weighted by molar-refractivity contribution is -0.128. The largest absolute Gasteiger partial charge is 0.454 e. The average Bonchev–Trinajstić information content (AvgIpc) is 3.60. The van der Waals surface area contributed by atoms with Crippen LogP contribution < -0.4 is 19.7 Å². The molecule has 4 aliphatic heterocycles. The first-order valence-electron chi connectivity index (χ1n) is 13.2. The molecule has 4 aliphatic rings. The van der Waals surface area contributed by atoms with Crippen LogP contribution in [-0.4, -0.2) is 36.4 Å². The fourth-order valence-electron chi connectivity index (χ4n) is 6.79. The Morgan fingerprint density at radius 1 is 0.974 bits per heavy atom. The predicted octanol–water partition coefficient (Wildman–Crippen LogP) is 5.00. The van der Waals surface area contributed by atoms with Gasteiger partial charge in [-0.25, -0.2) is 0 Å². The quantitative estimate of drug-likeness (QED) is 0.489. The van der Waals surface area contributed by atoms with Crippen molar-refractivity contribution in [1.29, 1.82) is 0 Å². The normalized spacial score (nSPS) is 25.8. The molecule has 1 fully saturated rings. The lowest BCUT2D eigenvalue weighted by Gasteiger charge is -2.38. The molecule has 1 spiro atoms. The van der Waals surface area contributed by atoms with E-state index in [2.05, 4.69) is 5.32 Å². The van der Waals surface area contributed by atoms with Crippen LogP contribution in [0.2, 0.25) is 0 Å². The van der Waals surface area contributed by atoms with Gasteiger partial charge in [-0.1, -0.05) is 69.3 Å². The molecule has 3 aromatic carbocycles. The number of rotatable bonds is 3. The summed E-state index contributed by atoms with van der Waals surface area (Å²) < 4.78 is 11.0. The van der Waals surface area contributed by atoms with E-state index in [9.17, 15) is 14.4 Å². The summed E-state index contributed by atoms with van der Waals surface area (Å²) >= 11 is 0. The van der Waals surface area contributed by atoms with Gasteiger partial charge in [0.1, 0.15) is 11.5 Å². The summed E-state index contributed by atoms with van der Waals surface area (Å²) in [5, 5.41) is 3.06. The summed E-state index contributed by atoms with van der Waals surface area (Å²) in [4.78, 5) is 45.5. The molecule has 0 aromatic heterocycles. The summed E-state index contributed by atoms with van der Waals surface area (Å²) in [6.45, 7) is 5.68. The van der Waals surface area contributed by atoms with E-state index in [1.807, 2.05) is 86.4 Å². The van der Waals surface area contributed by atoms with E-state index >= 15 is 0 Å². The Bertz CT molecular complexity index is 1600. The Kier molecular flexibility index (Phi) is 4.90. The van der Waals surface area contributed by atoms with Crippen molar-refractivity contribution in [3.8, 4) is 11.5 Å². The molecule has 0 saturated carbocycles. The van der Waals surface area contributed by atoms with Crippen LogP contribution >= 0.6 is 0 Å². The Morgan fingerprint density at radius 3 is 2.54 bits per heavy atom. The summed E-state index contributed by atoms with van der Waals surface area (Å²) in [5.41, 5.74) is 1.48. The van der Waals surface area contributed by atoms with Crippen LogP contribution in [0.1, 0.15) is 42.3 Å². The van der Waals surface area contributed by atoms with Crippen molar-refractivity contribution in [2.24, 2.45) is 11.3 Å². The van der Waals surface area contributed by atoms with Crippen molar-refractivity contribution in [2.75, 3.05) is 17.0 Å². The van der Waals surface area contributed by atoms with Gasteiger partial charge in [0, 0.05) is 22.4 Å². The van der Waals surface area contributed by atoms with E-state index in [1.54, 1.807) is 18.2 Å². The van der Waals surface area contributed by atoms with Crippen LogP contribution in [0, 0.1) is 11.3 Å². The first-order valence-corrected chi connectivity index (χ1v) is 13.2. The minimum atomic E-state index is -1.32. The van der Waals surface area contributed by atoms with E-state index in [4.69, 9.17) is 9.47 Å². The van der Waals surface area contributed by atoms with Crippen LogP contribution in [0.25, 0.3) is 6.08 Å². The Labute approximate surface area is 226 Å². The molecular formula is C32H28N2O5. The number of hydrogen-bond acceptors (Lipinski definition) is 6. The highest BCUT2D eigenvalue weighted by Crippen LogP contribution is 2.58. The van der Waals surface area contributed by atoms with Crippen molar-refractivity contribution < 1.29 is 23.9 Å². The molecule has 7 heteroatoms. The second kappa shape index (κ2) is 8.06. The van der Waals surface area contributed by atoms with Crippen LogP contribution in [-0.2, 0) is 15.0 Å². The molecule has 196 valence electrons. The van der Waals surface area contributed by atoms with Crippen LogP contribution in [0.15, 0.2) is 72.8 Å². The number of nitrogens with one attached hydrogen (secondary N) is 1. The SMILES string of the molecule is CC(C)(C)C(=O)[C@@H]1[C@@H](C(=O)c2ccc3c(c2)OCO3)[C@]2(C(=O)Nc3ccccc32)[C@H]2C=Cc3ccccc3N12.